The summed E-state index contributed by atoms with van der Waals surface area (Å²) in [4.78, 5) is 15.0. The van der Waals surface area contributed by atoms with Crippen molar-refractivity contribution < 1.29 is 18.3 Å². The molecule has 0 aliphatic rings. The van der Waals surface area contributed by atoms with Gasteiger partial charge in [-0.15, -0.1) is 0 Å². The zero-order chi connectivity index (χ0) is 18.0. The maximum atomic E-state index is 14.1. The SMILES string of the molecule is CC(C)(C)[Si](C)(C)OCCOc1cc2nc(C=O)ccc2cc1F. The largest absolute Gasteiger partial charge is 0.488 e. The van der Waals surface area contributed by atoms with E-state index in [9.17, 15) is 9.18 Å². The molecule has 0 radical (unpaired) electrons. The van der Waals surface area contributed by atoms with Crippen molar-refractivity contribution in [2.75, 3.05) is 13.2 Å². The third kappa shape index (κ3) is 4.18. The van der Waals surface area contributed by atoms with Gasteiger partial charge in [-0.1, -0.05) is 26.8 Å². The second-order valence-electron chi connectivity index (χ2n) is 7.29. The number of rotatable bonds is 6. The summed E-state index contributed by atoms with van der Waals surface area (Å²) in [6, 6.07) is 6.10. The molecule has 2 rings (SSSR count). The molecule has 0 saturated heterocycles. The molecule has 0 fully saturated rings. The van der Waals surface area contributed by atoms with Gasteiger partial charge in [0.15, 0.2) is 26.2 Å². The Labute approximate surface area is 143 Å². The third-order valence-corrected chi connectivity index (χ3v) is 9.03. The smallest absolute Gasteiger partial charge is 0.192 e. The van der Waals surface area contributed by atoms with Crippen molar-refractivity contribution in [1.82, 2.24) is 4.98 Å². The summed E-state index contributed by atoms with van der Waals surface area (Å²) in [5.41, 5.74) is 0.836. The van der Waals surface area contributed by atoms with E-state index in [1.54, 1.807) is 12.1 Å². The highest BCUT2D eigenvalue weighted by atomic mass is 28.4. The minimum absolute atomic E-state index is 0.121. The van der Waals surface area contributed by atoms with Gasteiger partial charge in [-0.05, 0) is 30.3 Å². The monoisotopic (exact) mass is 349 g/mol. The molecular weight excluding hydrogens is 325 g/mol. The Morgan fingerprint density at radius 3 is 2.54 bits per heavy atom. The molecule has 1 aromatic carbocycles. The number of carbonyl (C=O) groups excluding carboxylic acids is 1. The van der Waals surface area contributed by atoms with Crippen LogP contribution in [0.4, 0.5) is 4.39 Å². The van der Waals surface area contributed by atoms with Gasteiger partial charge in [0.25, 0.3) is 0 Å². The van der Waals surface area contributed by atoms with Gasteiger partial charge >= 0.3 is 0 Å². The van der Waals surface area contributed by atoms with Crippen LogP contribution in [-0.4, -0.2) is 32.8 Å². The van der Waals surface area contributed by atoms with E-state index in [0.29, 0.717) is 29.5 Å². The van der Waals surface area contributed by atoms with Crippen molar-refractivity contribution in [2.45, 2.75) is 38.9 Å². The molecule has 0 atom stereocenters. The first-order chi connectivity index (χ1) is 11.1. The van der Waals surface area contributed by atoms with Gasteiger partial charge in [-0.3, -0.25) is 4.79 Å². The Morgan fingerprint density at radius 2 is 1.92 bits per heavy atom. The van der Waals surface area contributed by atoms with E-state index in [-0.39, 0.29) is 17.4 Å². The molecule has 0 aliphatic heterocycles. The molecule has 1 heterocycles. The molecule has 2 aromatic rings. The van der Waals surface area contributed by atoms with E-state index in [2.05, 4.69) is 38.8 Å². The molecule has 6 heteroatoms. The second kappa shape index (κ2) is 6.99. The van der Waals surface area contributed by atoms with Crippen LogP contribution >= 0.6 is 0 Å². The summed E-state index contributed by atoms with van der Waals surface area (Å²) in [5.74, 6) is -0.327. The quantitative estimate of drug-likeness (QED) is 0.435. The highest BCUT2D eigenvalue weighted by Gasteiger charge is 2.36. The van der Waals surface area contributed by atoms with Crippen LogP contribution in [0, 0.1) is 5.82 Å². The van der Waals surface area contributed by atoms with Crippen LogP contribution in [0.5, 0.6) is 5.75 Å². The van der Waals surface area contributed by atoms with Gasteiger partial charge in [-0.2, -0.15) is 0 Å². The summed E-state index contributed by atoms with van der Waals surface area (Å²) in [6.07, 6.45) is 0.663. The topological polar surface area (TPSA) is 48.4 Å². The van der Waals surface area contributed by atoms with Gasteiger partial charge in [0.05, 0.1) is 12.1 Å². The van der Waals surface area contributed by atoms with E-state index >= 15 is 0 Å². The number of hydrogen-bond acceptors (Lipinski definition) is 4. The van der Waals surface area contributed by atoms with Crippen LogP contribution in [0.3, 0.4) is 0 Å². The normalized spacial score (nSPS) is 12.4. The zero-order valence-corrected chi connectivity index (χ0v) is 15.9. The predicted octanol–water partition coefficient (Wildman–Crippen LogP) is 4.59. The number of carbonyl (C=O) groups is 1. The first-order valence-electron chi connectivity index (χ1n) is 7.96. The fraction of sp³-hybridized carbons (Fsp3) is 0.444. The number of hydrogen-bond donors (Lipinski definition) is 0. The number of nitrogens with zero attached hydrogens (tertiary/aromatic N) is 1. The molecule has 1 aromatic heterocycles. The van der Waals surface area contributed by atoms with Crippen LogP contribution in [0.25, 0.3) is 10.9 Å². The first-order valence-corrected chi connectivity index (χ1v) is 10.9. The third-order valence-electron chi connectivity index (χ3n) is 4.50. The number of ether oxygens (including phenoxy) is 1. The molecule has 0 amide bonds. The number of benzene rings is 1. The number of halogens is 1. The summed E-state index contributed by atoms with van der Waals surface area (Å²) in [6.45, 7) is 11.5. The molecule has 24 heavy (non-hydrogen) atoms. The molecule has 0 aliphatic carbocycles. The molecule has 4 nitrogen and oxygen atoms in total. The zero-order valence-electron chi connectivity index (χ0n) is 14.9. The first kappa shape index (κ1) is 18.5. The van der Waals surface area contributed by atoms with E-state index in [4.69, 9.17) is 9.16 Å². The van der Waals surface area contributed by atoms with Crippen molar-refractivity contribution in [3.8, 4) is 5.75 Å². The Morgan fingerprint density at radius 1 is 1.21 bits per heavy atom. The standard InChI is InChI=1S/C18H24FNO3Si/c1-18(2,3)24(4,5)23-9-8-22-17-11-16-13(10-15(17)19)6-7-14(12-21)20-16/h6-7,10-12H,8-9H2,1-5H3. The van der Waals surface area contributed by atoms with E-state index in [1.807, 2.05) is 0 Å². The summed E-state index contributed by atoms with van der Waals surface area (Å²) in [7, 11) is -1.84. The Bertz CT molecular complexity index is 741. The lowest BCUT2D eigenvalue weighted by Gasteiger charge is -2.36. The Balaban J connectivity index is 2.05. The van der Waals surface area contributed by atoms with Crippen LogP contribution in [0.1, 0.15) is 31.3 Å². The lowest BCUT2D eigenvalue weighted by Crippen LogP contribution is -2.41. The number of aromatic nitrogens is 1. The van der Waals surface area contributed by atoms with Crippen molar-refractivity contribution in [3.63, 3.8) is 0 Å². The van der Waals surface area contributed by atoms with Gasteiger partial charge in [0.2, 0.25) is 0 Å². The lowest BCUT2D eigenvalue weighted by atomic mass is 10.2. The van der Waals surface area contributed by atoms with E-state index in [1.165, 1.54) is 12.1 Å². The summed E-state index contributed by atoms with van der Waals surface area (Å²) in [5, 5.41) is 0.749. The summed E-state index contributed by atoms with van der Waals surface area (Å²) >= 11 is 0. The van der Waals surface area contributed by atoms with Crippen LogP contribution in [0.2, 0.25) is 18.1 Å². The van der Waals surface area contributed by atoms with E-state index < -0.39 is 14.1 Å². The van der Waals surface area contributed by atoms with Gasteiger partial charge in [0.1, 0.15) is 12.3 Å². The average molecular weight is 349 g/mol. The highest BCUT2D eigenvalue weighted by molar-refractivity contribution is 6.74. The van der Waals surface area contributed by atoms with Crippen molar-refractivity contribution in [1.29, 1.82) is 0 Å². The minimum atomic E-state index is -1.84. The maximum Gasteiger partial charge on any atom is 0.192 e. The number of pyridine rings is 1. The number of fused-ring (bicyclic) bond motifs is 1. The maximum absolute atomic E-state index is 14.1. The average Bonchev–Trinajstić information content (AvgIpc) is 2.50. The molecule has 0 N–H and O–H groups in total. The van der Waals surface area contributed by atoms with Crippen LogP contribution in [0.15, 0.2) is 24.3 Å². The Hall–Kier alpha value is -1.79. The predicted molar refractivity (Wildman–Crippen MR) is 95.7 cm³/mol. The summed E-state index contributed by atoms with van der Waals surface area (Å²) < 4.78 is 25.6. The molecule has 0 unspecified atom stereocenters. The second-order valence-corrected chi connectivity index (χ2v) is 12.1. The Kier molecular flexibility index (Phi) is 5.40. The van der Waals surface area contributed by atoms with Gasteiger partial charge in [0, 0.05) is 11.5 Å². The van der Waals surface area contributed by atoms with E-state index in [0.717, 1.165) is 0 Å². The van der Waals surface area contributed by atoms with Crippen LogP contribution < -0.4 is 4.74 Å². The molecular formula is C18H24FNO3Si. The lowest BCUT2D eigenvalue weighted by molar-refractivity contribution is 0.111. The molecule has 0 bridgehead atoms. The fourth-order valence-corrected chi connectivity index (χ4v) is 3.01. The molecule has 0 spiro atoms. The molecule has 130 valence electrons. The van der Waals surface area contributed by atoms with Gasteiger partial charge in [-0.25, -0.2) is 9.37 Å². The highest BCUT2D eigenvalue weighted by Crippen LogP contribution is 2.36. The van der Waals surface area contributed by atoms with Gasteiger partial charge < -0.3 is 9.16 Å². The van der Waals surface area contributed by atoms with Crippen LogP contribution in [-0.2, 0) is 4.43 Å². The van der Waals surface area contributed by atoms with Crippen molar-refractivity contribution in [2.24, 2.45) is 0 Å². The van der Waals surface area contributed by atoms with Crippen molar-refractivity contribution in [3.05, 3.63) is 35.8 Å². The number of aldehydes is 1. The van der Waals surface area contributed by atoms with Crippen molar-refractivity contribution >= 4 is 25.5 Å². The minimum Gasteiger partial charge on any atom is -0.488 e. The fourth-order valence-electron chi connectivity index (χ4n) is 1.98. The molecule has 0 saturated carbocycles.